The van der Waals surface area contributed by atoms with Crippen molar-refractivity contribution >= 4 is 17.6 Å². The van der Waals surface area contributed by atoms with Gasteiger partial charge in [-0.1, -0.05) is 13.0 Å². The number of nitrogens with one attached hydrogen (secondary N) is 1. The number of benzene rings is 1. The minimum Gasteiger partial charge on any atom is -0.452 e. The van der Waals surface area contributed by atoms with Gasteiger partial charge in [-0.3, -0.25) is 14.9 Å². The number of rotatable bonds is 6. The Morgan fingerprint density at radius 1 is 1.43 bits per heavy atom. The normalized spacial score (nSPS) is 11.6. The lowest BCUT2D eigenvalue weighted by Crippen LogP contribution is -2.35. The van der Waals surface area contributed by atoms with Crippen LogP contribution in [0.1, 0.15) is 36.2 Å². The van der Waals surface area contributed by atoms with Crippen molar-refractivity contribution in [1.82, 2.24) is 5.32 Å². The maximum Gasteiger partial charge on any atom is 0.339 e. The van der Waals surface area contributed by atoms with Crippen LogP contribution >= 0.6 is 0 Å². The summed E-state index contributed by atoms with van der Waals surface area (Å²) in [5, 5.41) is 13.5. The number of hydrogen-bond donors (Lipinski definition) is 1. The van der Waals surface area contributed by atoms with Crippen LogP contribution in [0.2, 0.25) is 0 Å². The van der Waals surface area contributed by atoms with E-state index in [1.165, 1.54) is 25.1 Å². The number of ether oxygens (including phenoxy) is 1. The van der Waals surface area contributed by atoms with Gasteiger partial charge >= 0.3 is 5.97 Å². The molecule has 1 rings (SSSR count). The predicted octanol–water partition coefficient (Wildman–Crippen LogP) is 1.97. The summed E-state index contributed by atoms with van der Waals surface area (Å²) in [6, 6.07) is 4.13. The molecule has 7 nitrogen and oxygen atoms in total. The second-order valence-electron chi connectivity index (χ2n) is 4.66. The molecule has 0 saturated carbocycles. The largest absolute Gasteiger partial charge is 0.452 e. The molecule has 0 aliphatic rings. The Labute approximate surface area is 122 Å². The number of esters is 1. The van der Waals surface area contributed by atoms with Crippen LogP contribution in [0.15, 0.2) is 18.2 Å². The summed E-state index contributed by atoms with van der Waals surface area (Å²) in [5.41, 5.74) is 0.142. The van der Waals surface area contributed by atoms with Crippen LogP contribution < -0.4 is 5.32 Å². The van der Waals surface area contributed by atoms with Gasteiger partial charge in [-0.25, -0.2) is 4.79 Å². The Balaban J connectivity index is 2.71. The average molecular weight is 294 g/mol. The summed E-state index contributed by atoms with van der Waals surface area (Å²) in [5.74, 6) is -1.16. The fourth-order valence-corrected chi connectivity index (χ4v) is 1.67. The van der Waals surface area contributed by atoms with Crippen LogP contribution in [0.4, 0.5) is 5.69 Å². The molecule has 1 aromatic carbocycles. The van der Waals surface area contributed by atoms with Crippen LogP contribution in [-0.4, -0.2) is 29.4 Å². The third kappa shape index (κ3) is 4.55. The molecule has 0 radical (unpaired) electrons. The summed E-state index contributed by atoms with van der Waals surface area (Å²) in [6.45, 7) is 4.81. The smallest absolute Gasteiger partial charge is 0.339 e. The number of nitrogens with zero attached hydrogens (tertiary/aromatic N) is 1. The quantitative estimate of drug-likeness (QED) is 0.491. The first-order valence-corrected chi connectivity index (χ1v) is 6.57. The lowest BCUT2D eigenvalue weighted by atomic mass is 10.1. The van der Waals surface area contributed by atoms with Crippen LogP contribution in [0, 0.1) is 17.0 Å². The third-order valence-corrected chi connectivity index (χ3v) is 3.08. The molecule has 0 spiro atoms. The van der Waals surface area contributed by atoms with E-state index in [1.54, 1.807) is 0 Å². The number of nitro benzene ring substituents is 1. The minimum atomic E-state index is -0.754. The number of carbonyl (C=O) groups excluding carboxylic acids is 2. The van der Waals surface area contributed by atoms with E-state index >= 15 is 0 Å². The van der Waals surface area contributed by atoms with Crippen molar-refractivity contribution in [2.24, 2.45) is 0 Å². The van der Waals surface area contributed by atoms with E-state index in [0.29, 0.717) is 0 Å². The Morgan fingerprint density at radius 3 is 2.67 bits per heavy atom. The molecule has 0 bridgehead atoms. The number of nitro groups is 1. The van der Waals surface area contributed by atoms with Crippen LogP contribution in [0.3, 0.4) is 0 Å². The third-order valence-electron chi connectivity index (χ3n) is 3.08. The van der Waals surface area contributed by atoms with E-state index in [0.717, 1.165) is 6.42 Å². The second kappa shape index (κ2) is 7.37. The summed E-state index contributed by atoms with van der Waals surface area (Å²) >= 11 is 0. The molecule has 1 N–H and O–H groups in total. The highest BCUT2D eigenvalue weighted by Crippen LogP contribution is 2.21. The average Bonchev–Trinajstić information content (AvgIpc) is 2.44. The highest BCUT2D eigenvalue weighted by Gasteiger charge is 2.19. The molecule has 0 fully saturated rings. The van der Waals surface area contributed by atoms with Gasteiger partial charge in [-0.15, -0.1) is 0 Å². The van der Waals surface area contributed by atoms with Gasteiger partial charge in [0.2, 0.25) is 0 Å². The van der Waals surface area contributed by atoms with Gasteiger partial charge in [0.15, 0.2) is 6.61 Å². The first-order valence-electron chi connectivity index (χ1n) is 6.57. The van der Waals surface area contributed by atoms with Gasteiger partial charge in [0, 0.05) is 17.7 Å². The molecule has 0 aromatic heterocycles. The van der Waals surface area contributed by atoms with Gasteiger partial charge in [0.25, 0.3) is 11.6 Å². The van der Waals surface area contributed by atoms with Crippen molar-refractivity contribution in [3.8, 4) is 0 Å². The fraction of sp³-hybridized carbons (Fsp3) is 0.429. The van der Waals surface area contributed by atoms with Crippen molar-refractivity contribution in [2.45, 2.75) is 33.2 Å². The minimum absolute atomic E-state index is 0.00393. The van der Waals surface area contributed by atoms with E-state index in [2.05, 4.69) is 5.32 Å². The summed E-state index contributed by atoms with van der Waals surface area (Å²) in [7, 11) is 0. The summed E-state index contributed by atoms with van der Waals surface area (Å²) in [4.78, 5) is 33.6. The standard InChI is InChI=1S/C14H18N2O5/c1-4-9(2)15-13(17)8-21-14(18)11-6-5-7-12(10(11)3)16(19)20/h5-7,9H,4,8H2,1-3H3,(H,15,17)/t9-/m0/s1. The maximum atomic E-state index is 11.9. The zero-order valence-corrected chi connectivity index (χ0v) is 12.2. The van der Waals surface area contributed by atoms with Crippen molar-refractivity contribution < 1.29 is 19.2 Å². The molecule has 21 heavy (non-hydrogen) atoms. The zero-order valence-electron chi connectivity index (χ0n) is 12.2. The number of carbonyl (C=O) groups is 2. The summed E-state index contributed by atoms with van der Waals surface area (Å²) < 4.78 is 4.88. The van der Waals surface area contributed by atoms with E-state index in [4.69, 9.17) is 4.74 Å². The van der Waals surface area contributed by atoms with Gasteiger partial charge in [-0.05, 0) is 26.3 Å². The fourth-order valence-electron chi connectivity index (χ4n) is 1.67. The van der Waals surface area contributed by atoms with E-state index in [9.17, 15) is 19.7 Å². The molecule has 0 heterocycles. The molecular formula is C14H18N2O5. The zero-order chi connectivity index (χ0) is 16.0. The van der Waals surface area contributed by atoms with Gasteiger partial charge in [0.05, 0.1) is 10.5 Å². The Morgan fingerprint density at radius 2 is 2.10 bits per heavy atom. The van der Waals surface area contributed by atoms with Gasteiger partial charge in [0.1, 0.15) is 0 Å². The second-order valence-corrected chi connectivity index (χ2v) is 4.66. The van der Waals surface area contributed by atoms with Crippen molar-refractivity contribution in [3.63, 3.8) is 0 Å². The predicted molar refractivity (Wildman–Crippen MR) is 76.0 cm³/mol. The lowest BCUT2D eigenvalue weighted by Gasteiger charge is -2.12. The Bertz CT molecular complexity index is 556. The molecule has 114 valence electrons. The molecule has 1 amide bonds. The Hall–Kier alpha value is -2.44. The molecule has 0 unspecified atom stereocenters. The number of hydrogen-bond acceptors (Lipinski definition) is 5. The molecule has 7 heteroatoms. The molecule has 1 atom stereocenters. The first-order chi connectivity index (χ1) is 9.86. The van der Waals surface area contributed by atoms with E-state index < -0.39 is 23.4 Å². The van der Waals surface area contributed by atoms with Crippen LogP contribution in [0.5, 0.6) is 0 Å². The van der Waals surface area contributed by atoms with Crippen molar-refractivity contribution in [2.75, 3.05) is 6.61 Å². The lowest BCUT2D eigenvalue weighted by molar-refractivity contribution is -0.385. The van der Waals surface area contributed by atoms with Crippen LogP contribution in [0.25, 0.3) is 0 Å². The number of amides is 1. The topological polar surface area (TPSA) is 98.5 Å². The van der Waals surface area contributed by atoms with Crippen molar-refractivity contribution in [1.29, 1.82) is 0 Å². The first kappa shape index (κ1) is 16.6. The highest BCUT2D eigenvalue weighted by atomic mass is 16.6. The van der Waals surface area contributed by atoms with Crippen molar-refractivity contribution in [3.05, 3.63) is 39.4 Å². The Kier molecular flexibility index (Phi) is 5.83. The van der Waals surface area contributed by atoms with Gasteiger partial charge < -0.3 is 10.1 Å². The summed E-state index contributed by atoms with van der Waals surface area (Å²) in [6.07, 6.45) is 0.768. The van der Waals surface area contributed by atoms with Crippen LogP contribution in [-0.2, 0) is 9.53 Å². The highest BCUT2D eigenvalue weighted by molar-refractivity contribution is 5.93. The molecule has 0 saturated heterocycles. The monoisotopic (exact) mass is 294 g/mol. The molecule has 1 aromatic rings. The van der Waals surface area contributed by atoms with E-state index in [1.807, 2.05) is 13.8 Å². The van der Waals surface area contributed by atoms with E-state index in [-0.39, 0.29) is 22.9 Å². The van der Waals surface area contributed by atoms with Gasteiger partial charge in [-0.2, -0.15) is 0 Å². The SMILES string of the molecule is CC[C@H](C)NC(=O)COC(=O)c1cccc([N+](=O)[O-])c1C. The maximum absolute atomic E-state index is 11.9. The molecule has 0 aliphatic heterocycles. The molecule has 0 aliphatic carbocycles. The molecular weight excluding hydrogens is 276 g/mol.